The van der Waals surface area contributed by atoms with Crippen LogP contribution >= 0.6 is 11.8 Å². The van der Waals surface area contributed by atoms with Gasteiger partial charge in [-0.15, -0.1) is 0 Å². The number of fused-ring (bicyclic) bond motifs is 1. The average molecular weight is 432 g/mol. The molecule has 0 aliphatic rings. The third-order valence-electron chi connectivity index (χ3n) is 5.28. The van der Waals surface area contributed by atoms with Crippen LogP contribution in [0.3, 0.4) is 0 Å². The Kier molecular flexibility index (Phi) is 5.73. The van der Waals surface area contributed by atoms with Gasteiger partial charge in [-0.2, -0.15) is 0 Å². The minimum atomic E-state index is 0.0355. The molecule has 0 saturated heterocycles. The van der Waals surface area contributed by atoms with E-state index in [1.54, 1.807) is 17.8 Å². The summed E-state index contributed by atoms with van der Waals surface area (Å²) in [6, 6.07) is 38.5. The van der Waals surface area contributed by atoms with Crippen LogP contribution in [-0.4, -0.2) is 4.98 Å². The highest BCUT2D eigenvalue weighted by molar-refractivity contribution is 7.99. The van der Waals surface area contributed by atoms with Gasteiger partial charge in [-0.25, -0.2) is 0 Å². The zero-order chi connectivity index (χ0) is 21.8. The number of hydrogen-bond donors (Lipinski definition) is 1. The van der Waals surface area contributed by atoms with Gasteiger partial charge in [-0.05, 0) is 52.6 Å². The zero-order valence-corrected chi connectivity index (χ0v) is 18.2. The molecule has 5 aromatic rings. The molecule has 154 valence electrons. The lowest BCUT2D eigenvalue weighted by atomic mass is 9.96. The van der Waals surface area contributed by atoms with Crippen LogP contribution < -0.4 is 5.43 Å². The number of para-hydroxylation sites is 1. The Hall–Kier alpha value is -3.82. The van der Waals surface area contributed by atoms with E-state index in [1.165, 1.54) is 16.7 Å². The zero-order valence-electron chi connectivity index (χ0n) is 17.4. The van der Waals surface area contributed by atoms with Gasteiger partial charge >= 0.3 is 0 Å². The van der Waals surface area contributed by atoms with Gasteiger partial charge in [0.2, 0.25) is 0 Å². The molecule has 1 N–H and O–H groups in total. The number of hydrogen-bond acceptors (Lipinski definition) is 2. The molecule has 1 heterocycles. The van der Waals surface area contributed by atoms with Gasteiger partial charge in [0.15, 0.2) is 5.43 Å². The topological polar surface area (TPSA) is 32.9 Å². The van der Waals surface area contributed by atoms with Crippen molar-refractivity contribution in [2.75, 3.05) is 0 Å². The predicted octanol–water partition coefficient (Wildman–Crippen LogP) is 7.27. The maximum absolute atomic E-state index is 12.5. The standard InChI is InChI=1S/C29H21NOS/c31-28-20-29(30-27-17-8-7-16-25(27)28)32-24-15-9-10-21(18-24)19-26(22-11-3-1-4-12-22)23-13-5-2-6-14-23/h1-20H,(H,30,31). The first-order valence-electron chi connectivity index (χ1n) is 10.5. The monoisotopic (exact) mass is 431 g/mol. The first-order chi connectivity index (χ1) is 15.8. The first kappa shape index (κ1) is 20.1. The molecule has 3 heteroatoms. The van der Waals surface area contributed by atoms with Crippen LogP contribution in [0.2, 0.25) is 0 Å². The summed E-state index contributed by atoms with van der Waals surface area (Å²) in [5.74, 6) is 0. The second-order valence-corrected chi connectivity index (χ2v) is 8.62. The Morgan fingerprint density at radius 1 is 0.688 bits per heavy atom. The maximum atomic E-state index is 12.5. The molecule has 0 unspecified atom stereocenters. The van der Waals surface area contributed by atoms with Gasteiger partial charge in [-0.1, -0.05) is 96.7 Å². The highest BCUT2D eigenvalue weighted by Crippen LogP contribution is 2.30. The number of rotatable bonds is 5. The normalized spacial score (nSPS) is 10.8. The van der Waals surface area contributed by atoms with Crippen LogP contribution in [0.15, 0.2) is 130 Å². The van der Waals surface area contributed by atoms with Crippen molar-refractivity contribution in [1.82, 2.24) is 4.98 Å². The van der Waals surface area contributed by atoms with Gasteiger partial charge < -0.3 is 4.98 Å². The number of pyridine rings is 1. The third-order valence-corrected chi connectivity index (χ3v) is 6.21. The SMILES string of the molecule is O=c1cc(Sc2cccc(C=C(c3ccccc3)c3ccccc3)c2)[nH]c2ccccc12. The molecule has 0 spiro atoms. The molecule has 5 rings (SSSR count). The van der Waals surface area contributed by atoms with E-state index < -0.39 is 0 Å². The molecule has 0 fully saturated rings. The number of aromatic nitrogens is 1. The van der Waals surface area contributed by atoms with Crippen molar-refractivity contribution in [3.05, 3.63) is 142 Å². The Labute approximate surface area is 191 Å². The largest absolute Gasteiger partial charge is 0.349 e. The average Bonchev–Trinajstić information content (AvgIpc) is 2.84. The summed E-state index contributed by atoms with van der Waals surface area (Å²) >= 11 is 1.56. The van der Waals surface area contributed by atoms with Gasteiger partial charge in [-0.3, -0.25) is 4.79 Å². The molecule has 0 aliphatic carbocycles. The van der Waals surface area contributed by atoms with E-state index >= 15 is 0 Å². The second-order valence-electron chi connectivity index (χ2n) is 7.51. The predicted molar refractivity (Wildman–Crippen MR) is 135 cm³/mol. The third kappa shape index (κ3) is 4.43. The molecular weight excluding hydrogens is 410 g/mol. The van der Waals surface area contributed by atoms with Crippen molar-refractivity contribution in [1.29, 1.82) is 0 Å². The second kappa shape index (κ2) is 9.13. The Morgan fingerprint density at radius 2 is 1.34 bits per heavy atom. The summed E-state index contributed by atoms with van der Waals surface area (Å²) in [5, 5.41) is 1.55. The molecular formula is C29H21NOS. The Bertz CT molecular complexity index is 1410. The van der Waals surface area contributed by atoms with Crippen LogP contribution in [0.5, 0.6) is 0 Å². The Balaban J connectivity index is 1.52. The number of aromatic amines is 1. The van der Waals surface area contributed by atoms with E-state index in [-0.39, 0.29) is 5.43 Å². The van der Waals surface area contributed by atoms with E-state index in [2.05, 4.69) is 83.9 Å². The molecule has 2 nitrogen and oxygen atoms in total. The minimum Gasteiger partial charge on any atom is -0.349 e. The van der Waals surface area contributed by atoms with Crippen LogP contribution in [0.4, 0.5) is 0 Å². The molecule has 0 aliphatic heterocycles. The van der Waals surface area contributed by atoms with E-state index in [4.69, 9.17) is 0 Å². The van der Waals surface area contributed by atoms with E-state index in [0.717, 1.165) is 21.0 Å². The lowest BCUT2D eigenvalue weighted by molar-refractivity contribution is 1.17. The Morgan fingerprint density at radius 3 is 2.06 bits per heavy atom. The summed E-state index contributed by atoms with van der Waals surface area (Å²) in [7, 11) is 0. The fourth-order valence-corrected chi connectivity index (χ4v) is 4.68. The molecule has 0 saturated carbocycles. The van der Waals surface area contributed by atoms with E-state index in [0.29, 0.717) is 5.39 Å². The molecule has 1 aromatic heterocycles. The molecule has 32 heavy (non-hydrogen) atoms. The summed E-state index contributed by atoms with van der Waals surface area (Å²) in [6.07, 6.45) is 2.22. The van der Waals surface area contributed by atoms with Crippen LogP contribution in [0.1, 0.15) is 16.7 Å². The summed E-state index contributed by atoms with van der Waals surface area (Å²) in [4.78, 5) is 16.9. The smallest absolute Gasteiger partial charge is 0.190 e. The van der Waals surface area contributed by atoms with Crippen molar-refractivity contribution < 1.29 is 0 Å². The van der Waals surface area contributed by atoms with Gasteiger partial charge in [0, 0.05) is 16.3 Å². The molecule has 0 atom stereocenters. The quantitative estimate of drug-likeness (QED) is 0.297. The van der Waals surface area contributed by atoms with Crippen molar-refractivity contribution in [3.63, 3.8) is 0 Å². The highest BCUT2D eigenvalue weighted by atomic mass is 32.2. The summed E-state index contributed by atoms with van der Waals surface area (Å²) in [5.41, 5.74) is 5.53. The van der Waals surface area contributed by atoms with Crippen molar-refractivity contribution >= 4 is 34.3 Å². The minimum absolute atomic E-state index is 0.0355. The van der Waals surface area contributed by atoms with Crippen LogP contribution in [0.25, 0.3) is 22.6 Å². The fraction of sp³-hybridized carbons (Fsp3) is 0. The fourth-order valence-electron chi connectivity index (χ4n) is 3.76. The lowest BCUT2D eigenvalue weighted by Crippen LogP contribution is -2.01. The lowest BCUT2D eigenvalue weighted by Gasteiger charge is -2.10. The van der Waals surface area contributed by atoms with Crippen molar-refractivity contribution in [3.8, 4) is 0 Å². The van der Waals surface area contributed by atoms with Crippen molar-refractivity contribution in [2.24, 2.45) is 0 Å². The van der Waals surface area contributed by atoms with Gasteiger partial charge in [0.25, 0.3) is 0 Å². The maximum Gasteiger partial charge on any atom is 0.190 e. The summed E-state index contributed by atoms with van der Waals surface area (Å²) in [6.45, 7) is 0. The number of benzene rings is 4. The van der Waals surface area contributed by atoms with Gasteiger partial charge in [0.05, 0.1) is 10.5 Å². The van der Waals surface area contributed by atoms with Crippen molar-refractivity contribution in [2.45, 2.75) is 9.92 Å². The van der Waals surface area contributed by atoms with Gasteiger partial charge in [0.1, 0.15) is 0 Å². The molecule has 0 amide bonds. The summed E-state index contributed by atoms with van der Waals surface area (Å²) < 4.78 is 0. The molecule has 4 aromatic carbocycles. The van der Waals surface area contributed by atoms with Crippen LogP contribution in [0, 0.1) is 0 Å². The number of nitrogens with one attached hydrogen (secondary N) is 1. The first-order valence-corrected chi connectivity index (χ1v) is 11.3. The number of H-pyrrole nitrogens is 1. The van der Waals surface area contributed by atoms with Crippen LogP contribution in [-0.2, 0) is 0 Å². The molecule has 0 radical (unpaired) electrons. The molecule has 0 bridgehead atoms. The highest BCUT2D eigenvalue weighted by Gasteiger charge is 2.07. The van der Waals surface area contributed by atoms with E-state index in [9.17, 15) is 4.79 Å². The van der Waals surface area contributed by atoms with E-state index in [1.807, 2.05) is 36.4 Å².